The summed E-state index contributed by atoms with van der Waals surface area (Å²) in [5, 5.41) is 7.61. The fourth-order valence-electron chi connectivity index (χ4n) is 8.43. The lowest BCUT2D eigenvalue weighted by Crippen LogP contribution is -2.11. The lowest BCUT2D eigenvalue weighted by molar-refractivity contribution is 1.10. The van der Waals surface area contributed by atoms with Crippen molar-refractivity contribution in [2.24, 2.45) is 0 Å². The zero-order valence-corrected chi connectivity index (χ0v) is 30.4. The van der Waals surface area contributed by atoms with Crippen LogP contribution in [0.2, 0.25) is 0 Å². The Hall–Kier alpha value is -7.56. The van der Waals surface area contributed by atoms with E-state index in [1.54, 1.807) is 0 Å². The quantitative estimate of drug-likeness (QED) is 0.154. The minimum atomic E-state index is 0.881. The van der Waals surface area contributed by atoms with Gasteiger partial charge in [0.1, 0.15) is 11.6 Å². The number of imidazole rings is 1. The summed E-state index contributed by atoms with van der Waals surface area (Å²) < 4.78 is 2.26. The van der Waals surface area contributed by atoms with Crippen molar-refractivity contribution in [1.82, 2.24) is 14.5 Å². The Balaban J connectivity index is 0.993. The van der Waals surface area contributed by atoms with E-state index in [-0.39, 0.29) is 0 Å². The lowest BCUT2D eigenvalue weighted by atomic mass is 9.87. The van der Waals surface area contributed by atoms with Crippen LogP contribution in [0.15, 0.2) is 206 Å². The van der Waals surface area contributed by atoms with Gasteiger partial charge in [-0.25, -0.2) is 9.97 Å². The summed E-state index contributed by atoms with van der Waals surface area (Å²) in [5.74, 6) is 1.82. The zero-order valence-electron chi connectivity index (χ0n) is 30.4. The Bertz CT molecular complexity index is 3110. The molecule has 0 bridgehead atoms. The Labute approximate surface area is 324 Å². The third-order valence-electron chi connectivity index (χ3n) is 11.0. The highest BCUT2D eigenvalue weighted by Crippen LogP contribution is 2.43. The molecule has 0 aliphatic rings. The van der Waals surface area contributed by atoms with Gasteiger partial charge < -0.3 is 0 Å². The van der Waals surface area contributed by atoms with Gasteiger partial charge in [0.15, 0.2) is 0 Å². The van der Waals surface area contributed by atoms with Crippen molar-refractivity contribution in [2.45, 2.75) is 0 Å². The molecule has 262 valence electrons. The molecule has 2 heterocycles. The second kappa shape index (κ2) is 13.1. The predicted molar refractivity (Wildman–Crippen MR) is 234 cm³/mol. The molecule has 4 nitrogen and oxygen atoms in total. The highest BCUT2D eigenvalue weighted by Gasteiger charge is 2.18. The van der Waals surface area contributed by atoms with Crippen LogP contribution in [0.5, 0.6) is 0 Å². The minimum Gasteiger partial charge on any atom is -0.295 e. The average Bonchev–Trinajstić information content (AvgIpc) is 3.67. The molecule has 0 aliphatic heterocycles. The van der Waals surface area contributed by atoms with Crippen LogP contribution in [0.4, 0.5) is 17.2 Å². The number of hydrogen-bond donors (Lipinski definition) is 0. The molecule has 0 atom stereocenters. The fraction of sp³-hybridized carbons (Fsp3) is 0. The van der Waals surface area contributed by atoms with Crippen LogP contribution in [0.1, 0.15) is 0 Å². The number of hydrogen-bond acceptors (Lipinski definition) is 3. The summed E-state index contributed by atoms with van der Waals surface area (Å²) in [7, 11) is 0. The van der Waals surface area contributed by atoms with Gasteiger partial charge in [0.2, 0.25) is 0 Å². The minimum absolute atomic E-state index is 0.881. The van der Waals surface area contributed by atoms with Gasteiger partial charge in [-0.1, -0.05) is 140 Å². The topological polar surface area (TPSA) is 34.0 Å². The van der Waals surface area contributed by atoms with Crippen molar-refractivity contribution < 1.29 is 0 Å². The molecule has 2 aromatic heterocycles. The maximum Gasteiger partial charge on any atom is 0.145 e. The third kappa shape index (κ3) is 5.23. The van der Waals surface area contributed by atoms with E-state index in [1.807, 2.05) is 30.5 Å². The molecular formula is C52H34N4. The Morgan fingerprint density at radius 3 is 1.59 bits per heavy atom. The van der Waals surface area contributed by atoms with E-state index in [1.165, 1.54) is 54.6 Å². The molecule has 0 unspecified atom stereocenters. The first-order valence-corrected chi connectivity index (χ1v) is 19.0. The average molecular weight is 715 g/mol. The fourth-order valence-corrected chi connectivity index (χ4v) is 8.43. The molecule has 11 aromatic rings. The van der Waals surface area contributed by atoms with Gasteiger partial charge >= 0.3 is 0 Å². The SMILES string of the molecule is c1ccc(N(c2ccc(-c3ccc4ccc5c(-c6ccc(-c7nc8ccccc8n7-c7ccccc7)cc6)ccc6ccc3c4c65)cc2)c2ccccn2)cc1. The van der Waals surface area contributed by atoms with E-state index in [9.17, 15) is 0 Å². The molecule has 0 aliphatic carbocycles. The first kappa shape index (κ1) is 31.9. The molecule has 9 aromatic carbocycles. The van der Waals surface area contributed by atoms with E-state index < -0.39 is 0 Å². The number of fused-ring (bicyclic) bond motifs is 1. The van der Waals surface area contributed by atoms with Crippen LogP contribution in [-0.2, 0) is 0 Å². The van der Waals surface area contributed by atoms with Gasteiger partial charge in [0, 0.05) is 28.8 Å². The Kier molecular flexibility index (Phi) is 7.46. The molecule has 56 heavy (non-hydrogen) atoms. The van der Waals surface area contributed by atoms with Gasteiger partial charge in [-0.05, 0) is 115 Å². The zero-order chi connectivity index (χ0) is 37.0. The van der Waals surface area contributed by atoms with Crippen molar-refractivity contribution in [1.29, 1.82) is 0 Å². The molecule has 0 amide bonds. The highest BCUT2D eigenvalue weighted by atomic mass is 15.2. The summed E-state index contributed by atoms with van der Waals surface area (Å²) in [4.78, 5) is 12.0. The molecule has 0 radical (unpaired) electrons. The molecule has 0 fully saturated rings. The molecule has 11 rings (SSSR count). The van der Waals surface area contributed by atoms with Crippen molar-refractivity contribution in [3.8, 4) is 39.3 Å². The van der Waals surface area contributed by atoms with Crippen LogP contribution < -0.4 is 4.90 Å². The number of aromatic nitrogens is 3. The number of para-hydroxylation sites is 4. The summed E-state index contributed by atoms with van der Waals surface area (Å²) in [6.45, 7) is 0. The molecular weight excluding hydrogens is 681 g/mol. The standard InChI is InChI=1S/C52H34N4/c1-3-11-40(12-4-1)55(49-17-9-10-34-53-49)42-28-22-36(23-29-42)44-31-25-38-26-32-45-43(30-24-37-27-33-46(44)51(38)50(37)45)35-18-20-39(21-19-35)52-54-47-15-7-8-16-48(47)56(52)41-13-5-2-6-14-41/h1-34H. The monoisotopic (exact) mass is 714 g/mol. The second-order valence-corrected chi connectivity index (χ2v) is 14.2. The van der Waals surface area contributed by atoms with Crippen molar-refractivity contribution in [3.05, 3.63) is 206 Å². The van der Waals surface area contributed by atoms with Crippen molar-refractivity contribution >= 4 is 60.5 Å². The first-order valence-electron chi connectivity index (χ1n) is 19.0. The molecule has 0 saturated carbocycles. The molecule has 0 saturated heterocycles. The number of nitrogens with zero attached hydrogens (tertiary/aromatic N) is 4. The van der Waals surface area contributed by atoms with Crippen LogP contribution in [0.25, 0.3) is 82.7 Å². The van der Waals surface area contributed by atoms with E-state index in [4.69, 9.17) is 9.97 Å². The van der Waals surface area contributed by atoms with Crippen LogP contribution in [0.3, 0.4) is 0 Å². The van der Waals surface area contributed by atoms with E-state index in [0.29, 0.717) is 0 Å². The summed E-state index contributed by atoms with van der Waals surface area (Å²) in [6.07, 6.45) is 1.84. The molecule has 0 N–H and O–H groups in total. The van der Waals surface area contributed by atoms with Crippen molar-refractivity contribution in [3.63, 3.8) is 0 Å². The van der Waals surface area contributed by atoms with Gasteiger partial charge in [0.05, 0.1) is 11.0 Å². The van der Waals surface area contributed by atoms with Gasteiger partial charge in [-0.3, -0.25) is 9.47 Å². The number of benzene rings is 9. The number of anilines is 3. The summed E-state index contributed by atoms with van der Waals surface area (Å²) in [6, 6.07) is 71.3. The summed E-state index contributed by atoms with van der Waals surface area (Å²) in [5.41, 5.74) is 11.2. The molecule has 4 heteroatoms. The largest absolute Gasteiger partial charge is 0.295 e. The van der Waals surface area contributed by atoms with Gasteiger partial charge in [-0.2, -0.15) is 0 Å². The smallest absolute Gasteiger partial charge is 0.145 e. The predicted octanol–water partition coefficient (Wildman–Crippen LogP) is 13.8. The van der Waals surface area contributed by atoms with Gasteiger partial charge in [0.25, 0.3) is 0 Å². The Morgan fingerprint density at radius 2 is 0.946 bits per heavy atom. The number of rotatable bonds is 7. The third-order valence-corrected chi connectivity index (χ3v) is 11.0. The second-order valence-electron chi connectivity index (χ2n) is 14.2. The van der Waals surface area contributed by atoms with E-state index in [0.717, 1.165) is 45.3 Å². The summed E-state index contributed by atoms with van der Waals surface area (Å²) >= 11 is 0. The molecule has 0 spiro atoms. The highest BCUT2D eigenvalue weighted by molar-refractivity contribution is 6.27. The maximum absolute atomic E-state index is 5.10. The van der Waals surface area contributed by atoms with E-state index in [2.05, 4.69) is 185 Å². The number of pyridine rings is 1. The Morgan fingerprint density at radius 1 is 0.411 bits per heavy atom. The van der Waals surface area contributed by atoms with Crippen LogP contribution >= 0.6 is 0 Å². The normalized spacial score (nSPS) is 11.6. The first-order chi connectivity index (χ1) is 27.8. The van der Waals surface area contributed by atoms with Crippen molar-refractivity contribution in [2.75, 3.05) is 4.90 Å². The lowest BCUT2D eigenvalue weighted by Gasteiger charge is -2.24. The van der Waals surface area contributed by atoms with E-state index >= 15 is 0 Å². The van der Waals surface area contributed by atoms with Crippen LogP contribution in [-0.4, -0.2) is 14.5 Å². The van der Waals surface area contributed by atoms with Gasteiger partial charge in [-0.15, -0.1) is 0 Å². The van der Waals surface area contributed by atoms with Crippen LogP contribution in [0, 0.1) is 0 Å². The maximum atomic E-state index is 5.10.